The minimum absolute atomic E-state index is 0.523. The number of rotatable bonds is 61. The predicted molar refractivity (Wildman–Crippen MR) is 261 cm³/mol. The Labute approximate surface area is 395 Å². The highest BCUT2D eigenvalue weighted by molar-refractivity contribution is 4.51. The molecule has 0 aromatic rings. The fourth-order valence-corrected chi connectivity index (χ4v) is 6.96. The van der Waals surface area contributed by atoms with E-state index in [9.17, 15) is 0 Å². The molecule has 0 rings (SSSR count). The minimum atomic E-state index is 0.523. The highest BCUT2D eigenvalue weighted by Crippen LogP contribution is 2.14. The molecule has 0 aliphatic heterocycles. The van der Waals surface area contributed by atoms with Crippen molar-refractivity contribution in [2.24, 2.45) is 0 Å². The van der Waals surface area contributed by atoms with Crippen molar-refractivity contribution >= 4 is 0 Å². The zero-order valence-corrected chi connectivity index (χ0v) is 42.3. The minimum Gasteiger partial charge on any atom is -0.379 e. The highest BCUT2D eigenvalue weighted by Gasteiger charge is 1.99. The lowest BCUT2D eigenvalue weighted by atomic mass is 10.0. The molecule has 386 valence electrons. The first-order valence-electron chi connectivity index (χ1n) is 26.8. The van der Waals surface area contributed by atoms with Gasteiger partial charge in [-0.3, -0.25) is 0 Å². The standard InChI is InChI=1S/C52H106O12/c1-3-5-7-9-11-13-15-16-17-18-19-20-22-24-26-28-30-54-32-34-56-36-38-58-40-42-60-44-46-62-48-50-64-52-51-63-49-47-61-45-43-59-41-39-57-37-35-55-33-31-53-29-27-25-23-21-14-12-10-8-6-4-2/h3-52H2,1-2H3. The molecule has 0 atom stereocenters. The van der Waals surface area contributed by atoms with Crippen LogP contribution in [-0.4, -0.2) is 159 Å². The number of ether oxygens (including phenoxy) is 12. The van der Waals surface area contributed by atoms with Gasteiger partial charge in [-0.2, -0.15) is 0 Å². The maximum atomic E-state index is 5.71. The van der Waals surface area contributed by atoms with Crippen molar-refractivity contribution in [1.82, 2.24) is 0 Å². The smallest absolute Gasteiger partial charge is 0.0701 e. The fourth-order valence-electron chi connectivity index (χ4n) is 6.96. The van der Waals surface area contributed by atoms with E-state index in [1.54, 1.807) is 0 Å². The lowest BCUT2D eigenvalue weighted by molar-refractivity contribution is -0.0284. The Morgan fingerprint density at radius 1 is 0.125 bits per heavy atom. The first-order valence-corrected chi connectivity index (χ1v) is 26.8. The van der Waals surface area contributed by atoms with Crippen LogP contribution in [-0.2, 0) is 56.8 Å². The molecular formula is C52H106O12. The molecule has 0 aliphatic rings. The van der Waals surface area contributed by atoms with E-state index in [0.29, 0.717) is 145 Å². The molecule has 0 N–H and O–H groups in total. The van der Waals surface area contributed by atoms with Crippen molar-refractivity contribution in [1.29, 1.82) is 0 Å². The normalized spacial score (nSPS) is 11.7. The van der Waals surface area contributed by atoms with E-state index in [1.165, 1.54) is 154 Å². The second-order valence-corrected chi connectivity index (χ2v) is 16.8. The number of hydrogen-bond acceptors (Lipinski definition) is 12. The third-order valence-corrected chi connectivity index (χ3v) is 10.9. The van der Waals surface area contributed by atoms with E-state index in [1.807, 2.05) is 0 Å². The number of unbranched alkanes of at least 4 members (excludes halogenated alkanes) is 24. The third kappa shape index (κ3) is 61.5. The van der Waals surface area contributed by atoms with E-state index in [-0.39, 0.29) is 0 Å². The van der Waals surface area contributed by atoms with Crippen LogP contribution in [0.5, 0.6) is 0 Å². The SMILES string of the molecule is CCCCCCCCCCCCCCCCCCOCCOCCOCCOCCOCCOCCOCCOCCOCCOCCOCCOCCCCCCCCCCCC. The molecule has 0 aromatic carbocycles. The lowest BCUT2D eigenvalue weighted by Gasteiger charge is -2.09. The van der Waals surface area contributed by atoms with Gasteiger partial charge in [-0.15, -0.1) is 0 Å². The van der Waals surface area contributed by atoms with Gasteiger partial charge in [-0.1, -0.05) is 168 Å². The average Bonchev–Trinajstić information content (AvgIpc) is 3.31. The van der Waals surface area contributed by atoms with E-state index in [0.717, 1.165) is 26.1 Å². The maximum absolute atomic E-state index is 5.71. The molecule has 0 aliphatic carbocycles. The van der Waals surface area contributed by atoms with Gasteiger partial charge in [0.25, 0.3) is 0 Å². The molecule has 12 nitrogen and oxygen atoms in total. The van der Waals surface area contributed by atoms with Gasteiger partial charge in [0.1, 0.15) is 0 Å². The molecule has 0 fully saturated rings. The Morgan fingerprint density at radius 2 is 0.234 bits per heavy atom. The average molecular weight is 923 g/mol. The Morgan fingerprint density at radius 3 is 0.375 bits per heavy atom. The summed E-state index contributed by atoms with van der Waals surface area (Å²) < 4.78 is 66.9. The first-order chi connectivity index (χ1) is 31.9. The Bertz CT molecular complexity index is 721. The van der Waals surface area contributed by atoms with Crippen LogP contribution in [0.1, 0.15) is 181 Å². The molecule has 0 bridgehead atoms. The quantitative estimate of drug-likeness (QED) is 0.0542. The summed E-state index contributed by atoms with van der Waals surface area (Å²) in [7, 11) is 0. The van der Waals surface area contributed by atoms with Crippen LogP contribution in [0.4, 0.5) is 0 Å². The van der Waals surface area contributed by atoms with Crippen molar-refractivity contribution in [3.05, 3.63) is 0 Å². The molecular weight excluding hydrogens is 817 g/mol. The molecule has 0 unspecified atom stereocenters. The van der Waals surface area contributed by atoms with Crippen LogP contribution in [0.2, 0.25) is 0 Å². The lowest BCUT2D eigenvalue weighted by Crippen LogP contribution is -2.15. The van der Waals surface area contributed by atoms with Crippen molar-refractivity contribution < 1.29 is 56.8 Å². The summed E-state index contributed by atoms with van der Waals surface area (Å²) in [6.07, 6.45) is 35.6. The fraction of sp³-hybridized carbons (Fsp3) is 1.00. The zero-order chi connectivity index (χ0) is 45.8. The van der Waals surface area contributed by atoms with Crippen LogP contribution in [0.3, 0.4) is 0 Å². The van der Waals surface area contributed by atoms with Gasteiger partial charge in [0, 0.05) is 13.2 Å². The summed E-state index contributed by atoms with van der Waals surface area (Å²) in [6, 6.07) is 0. The summed E-state index contributed by atoms with van der Waals surface area (Å²) in [6.45, 7) is 18.5. The second kappa shape index (κ2) is 62.5. The molecule has 0 saturated heterocycles. The van der Waals surface area contributed by atoms with E-state index >= 15 is 0 Å². The Hall–Kier alpha value is -0.480. The maximum Gasteiger partial charge on any atom is 0.0701 e. The Kier molecular flexibility index (Phi) is 62.1. The summed E-state index contributed by atoms with van der Waals surface area (Å²) in [5, 5.41) is 0. The van der Waals surface area contributed by atoms with E-state index in [4.69, 9.17) is 56.8 Å². The number of hydrogen-bond donors (Lipinski definition) is 0. The summed E-state index contributed by atoms with van der Waals surface area (Å²) in [5.74, 6) is 0. The summed E-state index contributed by atoms with van der Waals surface area (Å²) in [4.78, 5) is 0. The van der Waals surface area contributed by atoms with Gasteiger partial charge in [0.2, 0.25) is 0 Å². The zero-order valence-electron chi connectivity index (χ0n) is 42.3. The second-order valence-electron chi connectivity index (χ2n) is 16.8. The van der Waals surface area contributed by atoms with Gasteiger partial charge >= 0.3 is 0 Å². The van der Waals surface area contributed by atoms with Gasteiger partial charge in [0.15, 0.2) is 0 Å². The molecule has 0 radical (unpaired) electrons. The first kappa shape index (κ1) is 63.5. The summed E-state index contributed by atoms with van der Waals surface area (Å²) in [5.41, 5.74) is 0. The van der Waals surface area contributed by atoms with Crippen LogP contribution in [0.25, 0.3) is 0 Å². The van der Waals surface area contributed by atoms with Crippen molar-refractivity contribution in [3.63, 3.8) is 0 Å². The Balaban J connectivity index is 3.06. The molecule has 0 aromatic heterocycles. The van der Waals surface area contributed by atoms with E-state index in [2.05, 4.69) is 13.8 Å². The van der Waals surface area contributed by atoms with Gasteiger partial charge in [0.05, 0.1) is 145 Å². The van der Waals surface area contributed by atoms with Crippen LogP contribution in [0.15, 0.2) is 0 Å². The molecule has 0 saturated carbocycles. The van der Waals surface area contributed by atoms with Crippen molar-refractivity contribution in [2.75, 3.05) is 159 Å². The third-order valence-electron chi connectivity index (χ3n) is 10.9. The van der Waals surface area contributed by atoms with Crippen LogP contribution in [0, 0.1) is 0 Å². The van der Waals surface area contributed by atoms with Gasteiger partial charge in [-0.05, 0) is 12.8 Å². The van der Waals surface area contributed by atoms with Crippen molar-refractivity contribution in [2.45, 2.75) is 181 Å². The van der Waals surface area contributed by atoms with Crippen LogP contribution < -0.4 is 0 Å². The molecule has 0 spiro atoms. The molecule has 12 heteroatoms. The molecule has 0 heterocycles. The van der Waals surface area contributed by atoms with E-state index < -0.39 is 0 Å². The highest BCUT2D eigenvalue weighted by atomic mass is 16.6. The topological polar surface area (TPSA) is 111 Å². The summed E-state index contributed by atoms with van der Waals surface area (Å²) >= 11 is 0. The van der Waals surface area contributed by atoms with Crippen LogP contribution >= 0.6 is 0 Å². The largest absolute Gasteiger partial charge is 0.379 e. The molecule has 64 heavy (non-hydrogen) atoms. The van der Waals surface area contributed by atoms with Gasteiger partial charge in [-0.25, -0.2) is 0 Å². The molecule has 0 amide bonds. The monoisotopic (exact) mass is 923 g/mol. The van der Waals surface area contributed by atoms with Crippen molar-refractivity contribution in [3.8, 4) is 0 Å². The van der Waals surface area contributed by atoms with Gasteiger partial charge < -0.3 is 56.8 Å². The predicted octanol–water partition coefficient (Wildman–Crippen LogP) is 11.4.